The minimum absolute atomic E-state index is 0.0931. The molecule has 2 nitrogen and oxygen atoms in total. The van der Waals surface area contributed by atoms with Gasteiger partial charge in [0.1, 0.15) is 0 Å². The van der Waals surface area contributed by atoms with Crippen LogP contribution in [0, 0.1) is 5.92 Å². The van der Waals surface area contributed by atoms with E-state index in [0.29, 0.717) is 0 Å². The number of carbonyl (C=O) groups excluding carboxylic acids is 1. The van der Waals surface area contributed by atoms with Crippen molar-refractivity contribution in [2.45, 2.75) is 33.1 Å². The Morgan fingerprint density at radius 3 is 2.56 bits per heavy atom. The van der Waals surface area contributed by atoms with Gasteiger partial charge in [0.05, 0.1) is 5.92 Å². The number of carbonyl (C=O) groups is 1. The van der Waals surface area contributed by atoms with Gasteiger partial charge in [-0.1, -0.05) is 37.3 Å². The standard InChI is InChI=1S/C14H20NO/c1-3-12(2)14(16)15-11-7-10-13-8-5-4-6-9-13/h4-6,8-9H,3,7,10-11H2,1-2H3,(H,15,16). The maximum atomic E-state index is 11.4. The zero-order valence-electron chi connectivity index (χ0n) is 10.1. The largest absolute Gasteiger partial charge is 0.356 e. The zero-order valence-corrected chi connectivity index (χ0v) is 10.1. The fourth-order valence-electron chi connectivity index (χ4n) is 1.45. The molecule has 1 radical (unpaired) electrons. The van der Waals surface area contributed by atoms with Crippen molar-refractivity contribution in [3.8, 4) is 0 Å². The lowest BCUT2D eigenvalue weighted by Crippen LogP contribution is -2.28. The predicted molar refractivity (Wildman–Crippen MR) is 67.0 cm³/mol. The Bertz CT molecular complexity index is 308. The van der Waals surface area contributed by atoms with E-state index >= 15 is 0 Å². The summed E-state index contributed by atoms with van der Waals surface area (Å²) >= 11 is 0. The molecular weight excluding hydrogens is 198 g/mol. The van der Waals surface area contributed by atoms with E-state index in [2.05, 4.69) is 17.4 Å². The van der Waals surface area contributed by atoms with Crippen LogP contribution in [0.15, 0.2) is 30.3 Å². The Labute approximate surface area is 98.1 Å². The van der Waals surface area contributed by atoms with Crippen molar-refractivity contribution in [1.29, 1.82) is 0 Å². The zero-order chi connectivity index (χ0) is 11.8. The van der Waals surface area contributed by atoms with Crippen LogP contribution in [0.2, 0.25) is 0 Å². The lowest BCUT2D eigenvalue weighted by atomic mass is 10.1. The monoisotopic (exact) mass is 218 g/mol. The molecule has 0 atom stereocenters. The molecule has 0 fully saturated rings. The molecule has 2 heteroatoms. The highest BCUT2D eigenvalue weighted by Crippen LogP contribution is 2.04. The molecule has 1 amide bonds. The third-order valence-electron chi connectivity index (χ3n) is 2.69. The fourth-order valence-corrected chi connectivity index (χ4v) is 1.45. The van der Waals surface area contributed by atoms with Gasteiger partial charge >= 0.3 is 0 Å². The van der Waals surface area contributed by atoms with Crippen molar-refractivity contribution in [3.05, 3.63) is 41.8 Å². The molecule has 1 N–H and O–H groups in total. The maximum absolute atomic E-state index is 11.4. The number of amides is 1. The summed E-state index contributed by atoms with van der Waals surface area (Å²) in [6, 6.07) is 10.3. The molecule has 0 bridgehead atoms. The SMILES string of the molecule is CC[C](C)C(=O)NCCCc1ccccc1. The molecular formula is C14H20NO. The summed E-state index contributed by atoms with van der Waals surface area (Å²) in [7, 11) is 0. The van der Waals surface area contributed by atoms with Crippen LogP contribution >= 0.6 is 0 Å². The molecule has 0 heterocycles. The van der Waals surface area contributed by atoms with Crippen molar-refractivity contribution in [2.24, 2.45) is 0 Å². The number of nitrogens with one attached hydrogen (secondary N) is 1. The third-order valence-corrected chi connectivity index (χ3v) is 2.69. The Morgan fingerprint density at radius 1 is 1.25 bits per heavy atom. The first kappa shape index (κ1) is 12.8. The molecule has 0 saturated carbocycles. The highest BCUT2D eigenvalue weighted by atomic mass is 16.1. The molecule has 1 aromatic carbocycles. The van der Waals surface area contributed by atoms with E-state index in [1.165, 1.54) is 5.56 Å². The van der Waals surface area contributed by atoms with Crippen LogP contribution in [0.4, 0.5) is 0 Å². The quantitative estimate of drug-likeness (QED) is 0.731. The number of hydrogen-bond acceptors (Lipinski definition) is 1. The summed E-state index contributed by atoms with van der Waals surface area (Å²) in [5, 5.41) is 2.93. The molecule has 1 aromatic rings. The molecule has 0 aliphatic rings. The molecule has 0 spiro atoms. The van der Waals surface area contributed by atoms with E-state index in [0.717, 1.165) is 31.7 Å². The summed E-state index contributed by atoms with van der Waals surface area (Å²) in [6.07, 6.45) is 2.84. The summed E-state index contributed by atoms with van der Waals surface area (Å²) < 4.78 is 0. The van der Waals surface area contributed by atoms with Crippen molar-refractivity contribution in [2.75, 3.05) is 6.54 Å². The lowest BCUT2D eigenvalue weighted by molar-refractivity contribution is -0.119. The maximum Gasteiger partial charge on any atom is 0.227 e. The number of aryl methyl sites for hydroxylation is 1. The smallest absolute Gasteiger partial charge is 0.227 e. The van der Waals surface area contributed by atoms with Crippen LogP contribution < -0.4 is 5.32 Å². The summed E-state index contributed by atoms with van der Waals surface area (Å²) in [4.78, 5) is 11.4. The summed E-state index contributed by atoms with van der Waals surface area (Å²) in [5.74, 6) is 0.996. The number of benzene rings is 1. The van der Waals surface area contributed by atoms with Crippen LogP contribution in [-0.4, -0.2) is 12.5 Å². The Balaban J connectivity index is 2.15. The van der Waals surface area contributed by atoms with Crippen molar-refractivity contribution in [3.63, 3.8) is 0 Å². The average molecular weight is 218 g/mol. The second kappa shape index (κ2) is 7.04. The van der Waals surface area contributed by atoms with E-state index in [-0.39, 0.29) is 5.91 Å². The van der Waals surface area contributed by atoms with Gasteiger partial charge in [0.2, 0.25) is 5.91 Å². The Morgan fingerprint density at radius 2 is 1.94 bits per heavy atom. The summed E-state index contributed by atoms with van der Waals surface area (Å²) in [6.45, 7) is 4.64. The van der Waals surface area contributed by atoms with Gasteiger partial charge < -0.3 is 5.32 Å². The second-order valence-electron chi connectivity index (χ2n) is 3.98. The first-order chi connectivity index (χ1) is 7.74. The van der Waals surface area contributed by atoms with E-state index in [1.54, 1.807) is 0 Å². The molecule has 0 aliphatic carbocycles. The lowest BCUT2D eigenvalue weighted by Gasteiger charge is -2.09. The number of rotatable bonds is 6. The van der Waals surface area contributed by atoms with Gasteiger partial charge in [0.15, 0.2) is 0 Å². The van der Waals surface area contributed by atoms with Gasteiger partial charge in [-0.25, -0.2) is 0 Å². The number of hydrogen-bond donors (Lipinski definition) is 1. The van der Waals surface area contributed by atoms with Crippen LogP contribution in [0.5, 0.6) is 0 Å². The normalized spacial score (nSPS) is 10.4. The summed E-state index contributed by atoms with van der Waals surface area (Å²) in [5.41, 5.74) is 1.33. The molecule has 0 unspecified atom stereocenters. The van der Waals surface area contributed by atoms with E-state index < -0.39 is 0 Å². The predicted octanol–water partition coefficient (Wildman–Crippen LogP) is 2.74. The van der Waals surface area contributed by atoms with Crippen LogP contribution in [-0.2, 0) is 11.2 Å². The van der Waals surface area contributed by atoms with Gasteiger partial charge in [0, 0.05) is 6.54 Å². The van der Waals surface area contributed by atoms with Gasteiger partial charge in [-0.3, -0.25) is 4.79 Å². The topological polar surface area (TPSA) is 29.1 Å². The minimum atomic E-state index is 0.0931. The van der Waals surface area contributed by atoms with Crippen molar-refractivity contribution >= 4 is 5.91 Å². The minimum Gasteiger partial charge on any atom is -0.356 e. The van der Waals surface area contributed by atoms with Crippen LogP contribution in [0.1, 0.15) is 32.3 Å². The van der Waals surface area contributed by atoms with E-state index in [4.69, 9.17) is 0 Å². The van der Waals surface area contributed by atoms with Gasteiger partial charge in [-0.2, -0.15) is 0 Å². The fraction of sp³-hybridized carbons (Fsp3) is 0.429. The van der Waals surface area contributed by atoms with Crippen molar-refractivity contribution in [1.82, 2.24) is 5.32 Å². The van der Waals surface area contributed by atoms with Gasteiger partial charge in [0.25, 0.3) is 0 Å². The molecule has 87 valence electrons. The van der Waals surface area contributed by atoms with Crippen molar-refractivity contribution < 1.29 is 4.79 Å². The first-order valence-electron chi connectivity index (χ1n) is 5.88. The third kappa shape index (κ3) is 4.47. The van der Waals surface area contributed by atoms with Gasteiger partial charge in [-0.05, 0) is 31.7 Å². The highest BCUT2D eigenvalue weighted by Gasteiger charge is 2.09. The second-order valence-corrected chi connectivity index (χ2v) is 3.98. The molecule has 0 aliphatic heterocycles. The average Bonchev–Trinajstić information content (AvgIpc) is 2.34. The first-order valence-corrected chi connectivity index (χ1v) is 5.88. The molecule has 16 heavy (non-hydrogen) atoms. The highest BCUT2D eigenvalue weighted by molar-refractivity contribution is 5.89. The Kier molecular flexibility index (Phi) is 5.62. The van der Waals surface area contributed by atoms with E-state index in [9.17, 15) is 4.79 Å². The van der Waals surface area contributed by atoms with Crippen LogP contribution in [0.3, 0.4) is 0 Å². The molecule has 1 rings (SSSR count). The Hall–Kier alpha value is -1.31. The molecule has 0 aromatic heterocycles. The molecule has 0 saturated heterocycles. The van der Waals surface area contributed by atoms with Gasteiger partial charge in [-0.15, -0.1) is 0 Å². The van der Waals surface area contributed by atoms with Crippen LogP contribution in [0.25, 0.3) is 0 Å². The van der Waals surface area contributed by atoms with E-state index in [1.807, 2.05) is 32.0 Å².